The van der Waals surface area contributed by atoms with E-state index in [4.69, 9.17) is 0 Å². The van der Waals surface area contributed by atoms with Gasteiger partial charge in [0.05, 0.1) is 17.1 Å². The highest BCUT2D eigenvalue weighted by Gasteiger charge is 2.47. The van der Waals surface area contributed by atoms with Crippen molar-refractivity contribution in [3.05, 3.63) is 143 Å². The average molecular weight is 571 g/mol. The van der Waals surface area contributed by atoms with E-state index in [1.54, 1.807) is 11.1 Å². The Kier molecular flexibility index (Phi) is 5.29. The van der Waals surface area contributed by atoms with Gasteiger partial charge in [0.25, 0.3) is 0 Å². The number of nitrogens with one attached hydrogen (secondary N) is 1. The molecule has 0 saturated carbocycles. The molecule has 0 saturated heterocycles. The van der Waals surface area contributed by atoms with E-state index in [9.17, 15) is 0 Å². The Labute approximate surface area is 260 Å². The third kappa shape index (κ3) is 3.37. The Morgan fingerprint density at radius 2 is 1.41 bits per heavy atom. The molecule has 9 rings (SSSR count). The molecule has 1 aliphatic heterocycles. The second-order valence-electron chi connectivity index (χ2n) is 14.1. The molecule has 0 bridgehead atoms. The molecule has 2 heteroatoms. The lowest BCUT2D eigenvalue weighted by Crippen LogP contribution is -2.38. The maximum atomic E-state index is 3.88. The second-order valence-corrected chi connectivity index (χ2v) is 14.1. The van der Waals surface area contributed by atoms with Crippen LogP contribution in [-0.2, 0) is 10.8 Å². The van der Waals surface area contributed by atoms with Crippen molar-refractivity contribution in [3.8, 4) is 16.8 Å². The van der Waals surface area contributed by atoms with E-state index in [-0.39, 0.29) is 10.8 Å². The third-order valence-corrected chi connectivity index (χ3v) is 11.0. The number of benzene rings is 5. The molecule has 0 spiro atoms. The minimum atomic E-state index is -0.155. The van der Waals surface area contributed by atoms with Gasteiger partial charge in [-0.25, -0.2) is 0 Å². The minimum absolute atomic E-state index is 0.117. The van der Waals surface area contributed by atoms with Gasteiger partial charge in [-0.15, -0.1) is 0 Å². The maximum Gasteiger partial charge on any atom is 0.0544 e. The minimum Gasteiger partial charge on any atom is -0.378 e. The number of aromatic nitrogens is 1. The number of hydrogen-bond donors (Lipinski definition) is 1. The van der Waals surface area contributed by atoms with Gasteiger partial charge < -0.3 is 9.88 Å². The summed E-state index contributed by atoms with van der Waals surface area (Å²) in [5.74, 6) is 0.545. The molecule has 0 fully saturated rings. The summed E-state index contributed by atoms with van der Waals surface area (Å²) in [6.07, 6.45) is 7.15. The highest BCUT2D eigenvalue weighted by atomic mass is 15.0. The molecule has 2 unspecified atom stereocenters. The largest absolute Gasteiger partial charge is 0.378 e. The molecule has 2 heterocycles. The van der Waals surface area contributed by atoms with E-state index >= 15 is 0 Å². The van der Waals surface area contributed by atoms with Gasteiger partial charge in [-0.05, 0) is 82.1 Å². The first-order chi connectivity index (χ1) is 21.4. The van der Waals surface area contributed by atoms with Crippen LogP contribution in [0.1, 0.15) is 74.3 Å². The molecule has 1 aromatic heterocycles. The van der Waals surface area contributed by atoms with Gasteiger partial charge >= 0.3 is 0 Å². The fraction of sp³-hybridized carbons (Fsp3) is 0.238. The van der Waals surface area contributed by atoms with Crippen LogP contribution in [0.5, 0.6) is 0 Å². The topological polar surface area (TPSA) is 17.0 Å². The lowest BCUT2D eigenvalue weighted by molar-refractivity contribution is 0.508. The molecule has 0 amide bonds. The van der Waals surface area contributed by atoms with E-state index in [1.165, 1.54) is 67.4 Å². The van der Waals surface area contributed by atoms with Crippen LogP contribution in [0.3, 0.4) is 0 Å². The molecule has 2 nitrogen and oxygen atoms in total. The summed E-state index contributed by atoms with van der Waals surface area (Å²) in [6, 6.07) is 38.8. The number of allylic oxidation sites excluding steroid dienone is 1. The van der Waals surface area contributed by atoms with Gasteiger partial charge in [0, 0.05) is 38.9 Å². The van der Waals surface area contributed by atoms with Crippen molar-refractivity contribution in [2.75, 3.05) is 5.32 Å². The third-order valence-electron chi connectivity index (χ3n) is 11.0. The first-order valence-corrected chi connectivity index (χ1v) is 16.2. The van der Waals surface area contributed by atoms with Gasteiger partial charge in [0.1, 0.15) is 0 Å². The monoisotopic (exact) mass is 570 g/mol. The Morgan fingerprint density at radius 3 is 2.27 bits per heavy atom. The van der Waals surface area contributed by atoms with Crippen molar-refractivity contribution in [3.63, 3.8) is 0 Å². The zero-order valence-electron chi connectivity index (χ0n) is 26.0. The van der Waals surface area contributed by atoms with Gasteiger partial charge in [-0.2, -0.15) is 0 Å². The lowest BCUT2D eigenvalue weighted by Gasteiger charge is -2.46. The number of para-hydroxylation sites is 1. The predicted molar refractivity (Wildman–Crippen MR) is 185 cm³/mol. The van der Waals surface area contributed by atoms with Crippen LogP contribution in [-0.4, -0.2) is 10.6 Å². The molecule has 44 heavy (non-hydrogen) atoms. The summed E-state index contributed by atoms with van der Waals surface area (Å²) in [4.78, 5) is 0. The van der Waals surface area contributed by atoms with Gasteiger partial charge in [-0.1, -0.05) is 113 Å². The Hall–Kier alpha value is -4.56. The molecule has 2 aliphatic carbocycles. The lowest BCUT2D eigenvalue weighted by atomic mass is 9.57. The predicted octanol–water partition coefficient (Wildman–Crippen LogP) is 10.6. The fourth-order valence-corrected chi connectivity index (χ4v) is 9.04. The molecule has 0 radical (unpaired) electrons. The normalized spacial score (nSPS) is 20.5. The molecule has 3 aliphatic rings. The summed E-state index contributed by atoms with van der Waals surface area (Å²) >= 11 is 0. The maximum absolute atomic E-state index is 3.88. The van der Waals surface area contributed by atoms with Crippen molar-refractivity contribution >= 4 is 27.5 Å². The summed E-state index contributed by atoms with van der Waals surface area (Å²) < 4.78 is 2.49. The van der Waals surface area contributed by atoms with Crippen molar-refractivity contribution < 1.29 is 0 Å². The molecule has 216 valence electrons. The van der Waals surface area contributed by atoms with Crippen molar-refractivity contribution in [1.82, 2.24) is 4.57 Å². The van der Waals surface area contributed by atoms with Crippen LogP contribution in [0.15, 0.2) is 115 Å². The van der Waals surface area contributed by atoms with E-state index in [0.717, 1.165) is 6.42 Å². The van der Waals surface area contributed by atoms with Crippen LogP contribution < -0.4 is 5.32 Å². The number of rotatable bonds is 2. The molecule has 1 N–H and O–H groups in total. The zero-order valence-corrected chi connectivity index (χ0v) is 26.0. The zero-order chi connectivity index (χ0) is 29.8. The second kappa shape index (κ2) is 8.99. The molecule has 5 aromatic carbocycles. The standard InChI is InChI=1S/C42H38N2/c1-41(2)32-22-24-36-38(40(32)42(3,4)31-21-23-34-37(39(31)41)29-17-8-10-19-33(29)43-34)30-18-9-11-20-35(30)44(36)28-16-12-15-27(25-28)26-13-6-5-7-14-26/h5-7,9-16,18-25,29,33,43H,8,17H2,1-4H3. The smallest absolute Gasteiger partial charge is 0.0544 e. The van der Waals surface area contributed by atoms with Gasteiger partial charge in [-0.3, -0.25) is 0 Å². The average Bonchev–Trinajstić information content (AvgIpc) is 3.60. The van der Waals surface area contributed by atoms with E-state index in [2.05, 4.69) is 153 Å². The van der Waals surface area contributed by atoms with Gasteiger partial charge in [0.15, 0.2) is 0 Å². The summed E-state index contributed by atoms with van der Waals surface area (Å²) in [6.45, 7) is 9.88. The SMILES string of the molecule is CC1(C)c2ccc3c(c2C(C)(C)c2ccc4c(c21)C1CCC=CC1N4)c1ccccc1n3-c1cccc(-c2ccccc2)c1. The van der Waals surface area contributed by atoms with Crippen molar-refractivity contribution in [2.24, 2.45) is 0 Å². The summed E-state index contributed by atoms with van der Waals surface area (Å²) in [7, 11) is 0. The number of anilines is 1. The van der Waals surface area contributed by atoms with Gasteiger partial charge in [0.2, 0.25) is 0 Å². The van der Waals surface area contributed by atoms with Crippen molar-refractivity contribution in [2.45, 2.75) is 63.3 Å². The highest BCUT2D eigenvalue weighted by molar-refractivity contribution is 6.12. The van der Waals surface area contributed by atoms with Crippen LogP contribution >= 0.6 is 0 Å². The van der Waals surface area contributed by atoms with E-state index < -0.39 is 0 Å². The number of hydrogen-bond acceptors (Lipinski definition) is 1. The fourth-order valence-electron chi connectivity index (χ4n) is 9.04. The summed E-state index contributed by atoms with van der Waals surface area (Å²) in [5, 5.41) is 6.60. The molecule has 6 aromatic rings. The Bertz CT molecular complexity index is 2160. The molecule has 2 atom stereocenters. The van der Waals surface area contributed by atoms with E-state index in [1.807, 2.05) is 0 Å². The number of nitrogens with zero attached hydrogens (tertiary/aromatic N) is 1. The van der Waals surface area contributed by atoms with Crippen molar-refractivity contribution in [1.29, 1.82) is 0 Å². The number of fused-ring (bicyclic) bond motifs is 10. The Balaban J connectivity index is 1.32. The van der Waals surface area contributed by atoms with Crippen LogP contribution in [0.4, 0.5) is 5.69 Å². The molecular weight excluding hydrogens is 532 g/mol. The van der Waals surface area contributed by atoms with Crippen LogP contribution in [0, 0.1) is 0 Å². The Morgan fingerprint density at radius 1 is 0.682 bits per heavy atom. The molecular formula is C42H38N2. The quantitative estimate of drug-likeness (QED) is 0.205. The van der Waals surface area contributed by atoms with Crippen LogP contribution in [0.2, 0.25) is 0 Å². The van der Waals surface area contributed by atoms with E-state index in [0.29, 0.717) is 12.0 Å². The first-order valence-electron chi connectivity index (χ1n) is 16.2. The summed E-state index contributed by atoms with van der Waals surface area (Å²) in [5.41, 5.74) is 14.8. The van der Waals surface area contributed by atoms with Crippen LogP contribution in [0.25, 0.3) is 38.6 Å². The highest BCUT2D eigenvalue weighted by Crippen LogP contribution is 2.58. The first kappa shape index (κ1) is 25.9.